The maximum Gasteiger partial charge on any atom is 0.126 e. The highest BCUT2D eigenvalue weighted by atomic mass is 14.9. The average Bonchev–Trinajstić information content (AvgIpc) is 2.59. The number of nitrogens with two attached hydrogens (primary N) is 1. The van der Waals surface area contributed by atoms with E-state index in [2.05, 4.69) is 45.6 Å². The van der Waals surface area contributed by atoms with Crippen molar-refractivity contribution in [3.8, 4) is 11.3 Å². The Balaban J connectivity index is 1.62. The van der Waals surface area contributed by atoms with E-state index in [0.29, 0.717) is 0 Å². The Morgan fingerprint density at radius 3 is 2.48 bits per heavy atom. The lowest BCUT2D eigenvalue weighted by Crippen LogP contribution is -2.04. The van der Waals surface area contributed by atoms with Gasteiger partial charge in [0.2, 0.25) is 0 Å². The minimum Gasteiger partial charge on any atom is -0.398 e. The molecule has 0 amide bonds. The first-order valence-corrected chi connectivity index (χ1v) is 8.62. The molecule has 0 bridgehead atoms. The van der Waals surface area contributed by atoms with Crippen molar-refractivity contribution < 1.29 is 0 Å². The first-order valence-electron chi connectivity index (χ1n) is 8.62. The first-order chi connectivity index (χ1) is 12.1. The van der Waals surface area contributed by atoms with Gasteiger partial charge >= 0.3 is 0 Å². The molecule has 25 heavy (non-hydrogen) atoms. The van der Waals surface area contributed by atoms with Gasteiger partial charge in [-0.2, -0.15) is 0 Å². The van der Waals surface area contributed by atoms with Gasteiger partial charge in [0.1, 0.15) is 5.82 Å². The maximum absolute atomic E-state index is 6.25. The van der Waals surface area contributed by atoms with Crippen molar-refractivity contribution in [2.45, 2.75) is 26.7 Å². The highest BCUT2D eigenvalue weighted by Crippen LogP contribution is 2.27. The van der Waals surface area contributed by atoms with Gasteiger partial charge in [0, 0.05) is 29.2 Å². The summed E-state index contributed by atoms with van der Waals surface area (Å²) in [6.45, 7) is 4.78. The summed E-state index contributed by atoms with van der Waals surface area (Å²) in [6.07, 6.45) is 2.15. The topological polar surface area (TPSA) is 63.8 Å². The number of benzene rings is 2. The monoisotopic (exact) mass is 332 g/mol. The van der Waals surface area contributed by atoms with E-state index in [1.165, 1.54) is 5.56 Å². The molecule has 0 aliphatic heterocycles. The van der Waals surface area contributed by atoms with Gasteiger partial charge in [-0.05, 0) is 56.5 Å². The van der Waals surface area contributed by atoms with Crippen LogP contribution in [-0.2, 0) is 6.42 Å². The largest absolute Gasteiger partial charge is 0.398 e. The SMILES string of the molecule is Cc1cc(-c2ccc(NCCCc3ccccc3)cc2N)nc(C)n1. The summed E-state index contributed by atoms with van der Waals surface area (Å²) in [7, 11) is 0. The van der Waals surface area contributed by atoms with E-state index < -0.39 is 0 Å². The summed E-state index contributed by atoms with van der Waals surface area (Å²) in [5, 5.41) is 3.44. The van der Waals surface area contributed by atoms with Crippen molar-refractivity contribution in [1.29, 1.82) is 0 Å². The van der Waals surface area contributed by atoms with Crippen LogP contribution in [0.15, 0.2) is 54.6 Å². The van der Waals surface area contributed by atoms with Crippen LogP contribution >= 0.6 is 0 Å². The average molecular weight is 332 g/mol. The predicted octanol–water partition coefficient (Wildman–Crippen LogP) is 4.39. The second-order valence-corrected chi connectivity index (χ2v) is 6.26. The molecule has 3 N–H and O–H groups in total. The summed E-state index contributed by atoms with van der Waals surface area (Å²) in [5.74, 6) is 0.762. The van der Waals surface area contributed by atoms with E-state index in [1.54, 1.807) is 0 Å². The van der Waals surface area contributed by atoms with Crippen LogP contribution in [0.4, 0.5) is 11.4 Å². The molecule has 0 atom stereocenters. The van der Waals surface area contributed by atoms with Crippen molar-refractivity contribution in [3.05, 3.63) is 71.7 Å². The third-order valence-electron chi connectivity index (χ3n) is 4.11. The zero-order valence-electron chi connectivity index (χ0n) is 14.8. The summed E-state index contributed by atoms with van der Waals surface area (Å²) in [4.78, 5) is 8.81. The van der Waals surface area contributed by atoms with E-state index in [9.17, 15) is 0 Å². The molecule has 1 aromatic heterocycles. The van der Waals surface area contributed by atoms with Crippen LogP contribution < -0.4 is 11.1 Å². The zero-order chi connectivity index (χ0) is 17.6. The van der Waals surface area contributed by atoms with Gasteiger partial charge in [0.25, 0.3) is 0 Å². The van der Waals surface area contributed by atoms with E-state index >= 15 is 0 Å². The maximum atomic E-state index is 6.25. The number of aryl methyl sites for hydroxylation is 3. The molecule has 0 spiro atoms. The predicted molar refractivity (Wildman–Crippen MR) is 105 cm³/mol. The second-order valence-electron chi connectivity index (χ2n) is 6.26. The van der Waals surface area contributed by atoms with Gasteiger partial charge in [0.15, 0.2) is 0 Å². The molecule has 4 nitrogen and oxygen atoms in total. The number of nitrogen functional groups attached to an aromatic ring is 1. The molecule has 0 aliphatic carbocycles. The standard InChI is InChI=1S/C21H24N4/c1-15-13-21(25-16(2)24-15)19-11-10-18(14-20(19)22)23-12-6-9-17-7-4-3-5-8-17/h3-5,7-8,10-11,13-14,23H,6,9,12,22H2,1-2H3. The van der Waals surface area contributed by atoms with Crippen molar-refractivity contribution >= 4 is 11.4 Å². The molecular weight excluding hydrogens is 308 g/mol. The van der Waals surface area contributed by atoms with Crippen molar-refractivity contribution in [3.63, 3.8) is 0 Å². The molecule has 2 aromatic carbocycles. The van der Waals surface area contributed by atoms with Crippen LogP contribution in [0.2, 0.25) is 0 Å². The van der Waals surface area contributed by atoms with Crippen molar-refractivity contribution in [2.24, 2.45) is 0 Å². The lowest BCUT2D eigenvalue weighted by molar-refractivity contribution is 0.863. The fourth-order valence-corrected chi connectivity index (χ4v) is 2.93. The quantitative estimate of drug-likeness (QED) is 0.519. The molecule has 0 fully saturated rings. The van der Waals surface area contributed by atoms with Crippen LogP contribution in [0.5, 0.6) is 0 Å². The fourth-order valence-electron chi connectivity index (χ4n) is 2.93. The normalized spacial score (nSPS) is 10.6. The lowest BCUT2D eigenvalue weighted by Gasteiger charge is -2.11. The number of rotatable bonds is 6. The number of nitrogens with zero attached hydrogens (tertiary/aromatic N) is 2. The Bertz CT molecular complexity index is 824. The van der Waals surface area contributed by atoms with Gasteiger partial charge < -0.3 is 11.1 Å². The third-order valence-corrected chi connectivity index (χ3v) is 4.11. The van der Waals surface area contributed by atoms with Crippen LogP contribution in [0.3, 0.4) is 0 Å². The van der Waals surface area contributed by atoms with E-state index in [-0.39, 0.29) is 0 Å². The van der Waals surface area contributed by atoms with Gasteiger partial charge in [-0.3, -0.25) is 0 Å². The highest BCUT2D eigenvalue weighted by molar-refractivity contribution is 5.77. The molecule has 0 saturated carbocycles. The lowest BCUT2D eigenvalue weighted by atomic mass is 10.1. The van der Waals surface area contributed by atoms with Crippen LogP contribution in [0, 0.1) is 13.8 Å². The Morgan fingerprint density at radius 2 is 1.76 bits per heavy atom. The Hall–Kier alpha value is -2.88. The minimum absolute atomic E-state index is 0.727. The zero-order valence-corrected chi connectivity index (χ0v) is 14.8. The van der Waals surface area contributed by atoms with Crippen LogP contribution in [0.25, 0.3) is 11.3 Å². The van der Waals surface area contributed by atoms with E-state index in [4.69, 9.17) is 5.73 Å². The smallest absolute Gasteiger partial charge is 0.126 e. The summed E-state index contributed by atoms with van der Waals surface area (Å²) in [6, 6.07) is 18.6. The van der Waals surface area contributed by atoms with Gasteiger partial charge in [0.05, 0.1) is 5.69 Å². The molecule has 0 radical (unpaired) electrons. The van der Waals surface area contributed by atoms with Gasteiger partial charge in [-0.1, -0.05) is 30.3 Å². The van der Waals surface area contributed by atoms with Gasteiger partial charge in [-0.15, -0.1) is 0 Å². The second kappa shape index (κ2) is 7.79. The fraction of sp³-hybridized carbons (Fsp3) is 0.238. The number of nitrogens with one attached hydrogen (secondary N) is 1. The Morgan fingerprint density at radius 1 is 0.960 bits per heavy atom. The van der Waals surface area contributed by atoms with E-state index in [1.807, 2.05) is 38.1 Å². The molecule has 3 aromatic rings. The highest BCUT2D eigenvalue weighted by Gasteiger charge is 2.07. The molecule has 3 rings (SSSR count). The van der Waals surface area contributed by atoms with Crippen LogP contribution in [-0.4, -0.2) is 16.5 Å². The third kappa shape index (κ3) is 4.57. The van der Waals surface area contributed by atoms with Crippen molar-refractivity contribution in [2.75, 3.05) is 17.6 Å². The summed E-state index contributed by atoms with van der Waals surface area (Å²) in [5.41, 5.74) is 12.2. The number of anilines is 2. The van der Waals surface area contributed by atoms with Gasteiger partial charge in [-0.25, -0.2) is 9.97 Å². The number of hydrogen-bond donors (Lipinski definition) is 2. The summed E-state index contributed by atoms with van der Waals surface area (Å²) >= 11 is 0. The molecule has 4 heteroatoms. The Labute approximate surface area is 149 Å². The molecule has 1 heterocycles. The number of hydrogen-bond acceptors (Lipinski definition) is 4. The molecular formula is C21H24N4. The molecule has 0 unspecified atom stereocenters. The van der Waals surface area contributed by atoms with Crippen molar-refractivity contribution in [1.82, 2.24) is 9.97 Å². The molecule has 128 valence electrons. The number of aromatic nitrogens is 2. The minimum atomic E-state index is 0.727. The Kier molecular flexibility index (Phi) is 5.29. The van der Waals surface area contributed by atoms with E-state index in [0.717, 1.165) is 53.5 Å². The first kappa shape index (κ1) is 17.0. The summed E-state index contributed by atoms with van der Waals surface area (Å²) < 4.78 is 0. The van der Waals surface area contributed by atoms with Crippen LogP contribution in [0.1, 0.15) is 23.5 Å². The molecule has 0 aliphatic rings. The molecule has 0 saturated heterocycles.